The number of nitrogens with zero attached hydrogens (tertiary/aromatic N) is 1. The van der Waals surface area contributed by atoms with Gasteiger partial charge in [0.1, 0.15) is 5.76 Å². The summed E-state index contributed by atoms with van der Waals surface area (Å²) in [6.07, 6.45) is 2.69. The van der Waals surface area contributed by atoms with Gasteiger partial charge in [0, 0.05) is 24.6 Å². The van der Waals surface area contributed by atoms with Crippen LogP contribution in [0.3, 0.4) is 0 Å². The molecule has 0 saturated heterocycles. The Morgan fingerprint density at radius 1 is 1.39 bits per heavy atom. The molecule has 0 fully saturated rings. The highest BCUT2D eigenvalue weighted by atomic mass is 16.3. The summed E-state index contributed by atoms with van der Waals surface area (Å²) in [6.45, 7) is 10.1. The van der Waals surface area contributed by atoms with E-state index in [2.05, 4.69) is 11.9 Å². The lowest BCUT2D eigenvalue weighted by molar-refractivity contribution is -0.117. The number of aliphatic imine (C=N–C) groups is 1. The van der Waals surface area contributed by atoms with E-state index < -0.39 is 0 Å². The highest BCUT2D eigenvalue weighted by molar-refractivity contribution is 6.23. The first kappa shape index (κ1) is 14.9. The Morgan fingerprint density at radius 3 is 2.44 bits per heavy atom. The number of hydrogen-bond donors (Lipinski definition) is 1. The first-order valence-corrected chi connectivity index (χ1v) is 6.83. The molecule has 18 heavy (non-hydrogen) atoms. The minimum Gasteiger partial charge on any atom is -0.511 e. The third kappa shape index (κ3) is 3.44. The summed E-state index contributed by atoms with van der Waals surface area (Å²) in [5, 5.41) is 10.1. The number of ketones is 1. The van der Waals surface area contributed by atoms with Crippen LogP contribution in [0.2, 0.25) is 0 Å². The normalized spacial score (nSPS) is 22.3. The predicted molar refractivity (Wildman–Crippen MR) is 75.2 cm³/mol. The van der Waals surface area contributed by atoms with E-state index in [0.717, 1.165) is 12.1 Å². The zero-order valence-electron chi connectivity index (χ0n) is 12.2. The SMILES string of the molecule is CCC(=N[C@@H](C)CC)C1=C(O)CC(C)(C)CC1=O. The summed E-state index contributed by atoms with van der Waals surface area (Å²) in [4.78, 5) is 16.8. The van der Waals surface area contributed by atoms with Crippen LogP contribution in [-0.4, -0.2) is 22.6 Å². The van der Waals surface area contributed by atoms with Crippen LogP contribution in [-0.2, 0) is 4.79 Å². The van der Waals surface area contributed by atoms with Crippen LogP contribution in [0.25, 0.3) is 0 Å². The van der Waals surface area contributed by atoms with Gasteiger partial charge in [0.15, 0.2) is 5.78 Å². The highest BCUT2D eigenvalue weighted by Gasteiger charge is 2.34. The topological polar surface area (TPSA) is 49.7 Å². The predicted octanol–water partition coefficient (Wildman–Crippen LogP) is 3.84. The molecule has 0 aromatic carbocycles. The first-order valence-electron chi connectivity index (χ1n) is 6.83. The van der Waals surface area contributed by atoms with Gasteiger partial charge in [-0.1, -0.05) is 27.7 Å². The molecule has 0 aliphatic heterocycles. The molecular formula is C15H25NO2. The third-order valence-corrected chi connectivity index (χ3v) is 3.44. The summed E-state index contributed by atoms with van der Waals surface area (Å²) in [6, 6.07) is 0.197. The van der Waals surface area contributed by atoms with Gasteiger partial charge in [-0.25, -0.2) is 0 Å². The monoisotopic (exact) mass is 251 g/mol. The molecule has 1 N–H and O–H groups in total. The number of carbonyl (C=O) groups excluding carboxylic acids is 1. The van der Waals surface area contributed by atoms with Gasteiger partial charge < -0.3 is 5.11 Å². The van der Waals surface area contributed by atoms with Crippen LogP contribution in [0.15, 0.2) is 16.3 Å². The van der Waals surface area contributed by atoms with Gasteiger partial charge in [-0.3, -0.25) is 9.79 Å². The Balaban J connectivity index is 3.13. The Kier molecular flexibility index (Phi) is 4.71. The van der Waals surface area contributed by atoms with E-state index in [1.165, 1.54) is 0 Å². The summed E-state index contributed by atoms with van der Waals surface area (Å²) in [7, 11) is 0. The highest BCUT2D eigenvalue weighted by Crippen LogP contribution is 2.36. The summed E-state index contributed by atoms with van der Waals surface area (Å²) in [5.74, 6) is 0.257. The van der Waals surface area contributed by atoms with Crippen LogP contribution >= 0.6 is 0 Å². The van der Waals surface area contributed by atoms with Crippen LogP contribution in [0.1, 0.15) is 60.3 Å². The average Bonchev–Trinajstić information content (AvgIpc) is 2.24. The molecule has 0 radical (unpaired) electrons. The van der Waals surface area contributed by atoms with Crippen molar-refractivity contribution in [3.8, 4) is 0 Å². The second kappa shape index (κ2) is 5.68. The fourth-order valence-corrected chi connectivity index (χ4v) is 2.31. The van der Waals surface area contributed by atoms with Crippen molar-refractivity contribution in [2.75, 3.05) is 0 Å². The smallest absolute Gasteiger partial charge is 0.168 e. The Morgan fingerprint density at radius 2 is 2.00 bits per heavy atom. The fraction of sp³-hybridized carbons (Fsp3) is 0.733. The van der Waals surface area contributed by atoms with Crippen molar-refractivity contribution in [3.63, 3.8) is 0 Å². The number of rotatable bonds is 4. The van der Waals surface area contributed by atoms with Crippen LogP contribution < -0.4 is 0 Å². The quantitative estimate of drug-likeness (QED) is 0.772. The maximum atomic E-state index is 12.2. The lowest BCUT2D eigenvalue weighted by Crippen LogP contribution is -2.29. The van der Waals surface area contributed by atoms with Crippen molar-refractivity contribution in [2.45, 2.75) is 66.3 Å². The number of carbonyl (C=O) groups is 1. The molecule has 0 bridgehead atoms. The minimum absolute atomic E-state index is 0.0349. The van der Waals surface area contributed by atoms with E-state index in [4.69, 9.17) is 0 Å². The zero-order chi connectivity index (χ0) is 13.9. The van der Waals surface area contributed by atoms with Crippen LogP contribution in [0.5, 0.6) is 0 Å². The van der Waals surface area contributed by atoms with Crippen LogP contribution in [0, 0.1) is 5.41 Å². The molecule has 0 saturated carbocycles. The van der Waals surface area contributed by atoms with Crippen molar-refractivity contribution in [1.29, 1.82) is 0 Å². The fourth-order valence-electron chi connectivity index (χ4n) is 2.31. The number of aliphatic hydroxyl groups is 1. The number of hydrogen-bond acceptors (Lipinski definition) is 3. The zero-order valence-corrected chi connectivity index (χ0v) is 12.2. The molecule has 0 spiro atoms. The molecule has 3 nitrogen and oxygen atoms in total. The maximum Gasteiger partial charge on any atom is 0.168 e. The van der Waals surface area contributed by atoms with Gasteiger partial charge >= 0.3 is 0 Å². The molecular weight excluding hydrogens is 226 g/mol. The van der Waals surface area contributed by atoms with E-state index in [9.17, 15) is 9.90 Å². The molecule has 0 amide bonds. The van der Waals surface area contributed by atoms with Crippen molar-refractivity contribution in [2.24, 2.45) is 10.4 Å². The van der Waals surface area contributed by atoms with E-state index in [1.54, 1.807) is 0 Å². The molecule has 0 aromatic rings. The second-order valence-electron chi connectivity index (χ2n) is 5.95. The van der Waals surface area contributed by atoms with E-state index in [-0.39, 0.29) is 23.0 Å². The molecule has 1 atom stereocenters. The molecule has 1 aliphatic rings. The lowest BCUT2D eigenvalue weighted by Gasteiger charge is -2.30. The molecule has 0 unspecified atom stereocenters. The summed E-state index contributed by atoms with van der Waals surface area (Å²) >= 11 is 0. The molecule has 0 heterocycles. The number of Topliss-reactive ketones (excluding diaryl/α,β-unsaturated/α-hetero) is 1. The lowest BCUT2D eigenvalue weighted by atomic mass is 9.75. The van der Waals surface area contributed by atoms with Gasteiger partial charge in [-0.05, 0) is 25.2 Å². The van der Waals surface area contributed by atoms with Gasteiger partial charge in [-0.2, -0.15) is 0 Å². The average molecular weight is 251 g/mol. The Labute approximate surface area is 110 Å². The number of aliphatic hydroxyl groups excluding tert-OH is 1. The van der Waals surface area contributed by atoms with Crippen molar-refractivity contribution >= 4 is 11.5 Å². The Hall–Kier alpha value is -1.12. The number of allylic oxidation sites excluding steroid dienone is 2. The Bertz CT molecular complexity index is 391. The summed E-state index contributed by atoms with van der Waals surface area (Å²) < 4.78 is 0. The van der Waals surface area contributed by atoms with E-state index in [0.29, 0.717) is 24.8 Å². The molecule has 102 valence electrons. The molecule has 1 aliphatic carbocycles. The van der Waals surface area contributed by atoms with Gasteiger partial charge in [0.25, 0.3) is 0 Å². The van der Waals surface area contributed by atoms with Crippen molar-refractivity contribution in [3.05, 3.63) is 11.3 Å². The molecule has 0 aromatic heterocycles. The van der Waals surface area contributed by atoms with E-state index >= 15 is 0 Å². The van der Waals surface area contributed by atoms with Crippen LogP contribution in [0.4, 0.5) is 0 Å². The molecule has 1 rings (SSSR count). The van der Waals surface area contributed by atoms with Crippen molar-refractivity contribution in [1.82, 2.24) is 0 Å². The largest absolute Gasteiger partial charge is 0.511 e. The standard InChI is InChI=1S/C15H25NO2/c1-6-10(3)16-11(7-2)14-12(17)8-15(4,5)9-13(14)18/h10,17H,6-9H2,1-5H3/t10-/m0/s1. The van der Waals surface area contributed by atoms with Gasteiger partial charge in [0.05, 0.1) is 5.57 Å². The maximum absolute atomic E-state index is 12.2. The van der Waals surface area contributed by atoms with Gasteiger partial charge in [0.2, 0.25) is 0 Å². The summed E-state index contributed by atoms with van der Waals surface area (Å²) in [5.41, 5.74) is 1.11. The third-order valence-electron chi connectivity index (χ3n) is 3.44. The van der Waals surface area contributed by atoms with Crippen molar-refractivity contribution < 1.29 is 9.90 Å². The van der Waals surface area contributed by atoms with E-state index in [1.807, 2.05) is 27.7 Å². The second-order valence-corrected chi connectivity index (χ2v) is 5.95. The minimum atomic E-state index is -0.139. The van der Waals surface area contributed by atoms with Gasteiger partial charge in [-0.15, -0.1) is 0 Å². The molecule has 3 heteroatoms. The first-order chi connectivity index (χ1) is 8.30.